The zero-order valence-corrected chi connectivity index (χ0v) is 23.4. The van der Waals surface area contributed by atoms with Gasteiger partial charge in [-0.15, -0.1) is 11.3 Å². The third-order valence-corrected chi connectivity index (χ3v) is 9.66. The summed E-state index contributed by atoms with van der Waals surface area (Å²) >= 11 is 7.75. The fourth-order valence-corrected chi connectivity index (χ4v) is 7.43. The van der Waals surface area contributed by atoms with Gasteiger partial charge in [-0.1, -0.05) is 53.6 Å². The third-order valence-electron chi connectivity index (χ3n) is 8.44. The van der Waals surface area contributed by atoms with E-state index in [0.717, 1.165) is 6.42 Å². The number of nitrogens with zero attached hydrogens (tertiary/aromatic N) is 2. The Hall–Kier alpha value is -4.14. The van der Waals surface area contributed by atoms with E-state index in [4.69, 9.17) is 21.3 Å². The van der Waals surface area contributed by atoms with Crippen LogP contribution in [-0.4, -0.2) is 35.2 Å². The molecule has 41 heavy (non-hydrogen) atoms. The number of carbonyl (C=O) groups is 4. The smallest absolute Gasteiger partial charge is 0.339 e. The van der Waals surface area contributed by atoms with Crippen LogP contribution in [0.2, 0.25) is 5.02 Å². The average molecular weight is 583 g/mol. The number of thiophene rings is 1. The monoisotopic (exact) mass is 582 g/mol. The molecular weight excluding hydrogens is 560 g/mol. The zero-order valence-electron chi connectivity index (χ0n) is 21.9. The van der Waals surface area contributed by atoms with Gasteiger partial charge in [-0.05, 0) is 60.9 Å². The molecule has 2 aromatic heterocycles. The Labute approximate surface area is 244 Å². The van der Waals surface area contributed by atoms with Crippen molar-refractivity contribution in [2.45, 2.75) is 13.3 Å². The topological polar surface area (TPSA) is 93.6 Å². The number of pyridine rings is 1. The first-order valence-corrected chi connectivity index (χ1v) is 14.6. The van der Waals surface area contributed by atoms with Gasteiger partial charge in [0.1, 0.15) is 0 Å². The average Bonchev–Trinajstić information content (AvgIpc) is 3.76. The molecule has 1 saturated heterocycles. The Bertz CT molecular complexity index is 1800. The molecule has 1 aliphatic heterocycles. The maximum Gasteiger partial charge on any atom is 0.339 e. The van der Waals surface area contributed by atoms with Crippen LogP contribution in [0.25, 0.3) is 22.2 Å². The number of imide groups is 1. The number of benzene rings is 2. The van der Waals surface area contributed by atoms with Crippen molar-refractivity contribution in [1.29, 1.82) is 0 Å². The van der Waals surface area contributed by atoms with Crippen molar-refractivity contribution in [3.63, 3.8) is 0 Å². The highest BCUT2D eigenvalue weighted by atomic mass is 35.5. The lowest BCUT2D eigenvalue weighted by molar-refractivity contribution is -0.123. The first kappa shape index (κ1) is 25.8. The lowest BCUT2D eigenvalue weighted by Gasteiger charge is -2.19. The van der Waals surface area contributed by atoms with E-state index in [1.165, 1.54) is 21.8 Å². The van der Waals surface area contributed by atoms with E-state index in [-0.39, 0.29) is 53.4 Å². The summed E-state index contributed by atoms with van der Waals surface area (Å²) < 4.78 is 5.39. The summed E-state index contributed by atoms with van der Waals surface area (Å²) in [5.41, 5.74) is 3.50. The number of halogens is 1. The van der Waals surface area contributed by atoms with E-state index in [0.29, 0.717) is 37.7 Å². The van der Waals surface area contributed by atoms with Crippen LogP contribution >= 0.6 is 22.9 Å². The van der Waals surface area contributed by atoms with Gasteiger partial charge < -0.3 is 4.74 Å². The standard InChI is InChI=1S/C32H23ClN2O5S/c1-16-12-18-13-21(16)28-27(18)30(37)35(31(28)38)19-9-7-17(8-10-19)24-14-22(20-4-2-5-23(33)29(20)34-24)32(39)40-15-25(36)26-6-3-11-41-26/h2-12,14,18,21,27-28H,13,15H2,1H3. The number of esters is 1. The summed E-state index contributed by atoms with van der Waals surface area (Å²) in [5, 5.41) is 2.65. The number of Topliss-reactive ketones (excluding diaryl/α,β-unsaturated/α-hetero) is 1. The summed E-state index contributed by atoms with van der Waals surface area (Å²) in [7, 11) is 0. The quantitative estimate of drug-likeness (QED) is 0.114. The Morgan fingerprint density at radius 1 is 1.05 bits per heavy atom. The highest BCUT2D eigenvalue weighted by molar-refractivity contribution is 7.12. The Kier molecular flexibility index (Phi) is 6.14. The highest BCUT2D eigenvalue weighted by Gasteiger charge is 2.60. The van der Waals surface area contributed by atoms with Gasteiger partial charge in [-0.3, -0.25) is 19.3 Å². The molecule has 2 amide bonds. The predicted molar refractivity (Wildman–Crippen MR) is 156 cm³/mol. The number of carbonyl (C=O) groups excluding carboxylic acids is 4. The van der Waals surface area contributed by atoms with Gasteiger partial charge in [0.15, 0.2) is 6.61 Å². The SMILES string of the molecule is CC1=CC2CC1C1C(=O)N(c3ccc(-c4cc(C(=O)OCC(=O)c5cccs5)c5cccc(Cl)c5n4)cc3)C(=O)C21. The summed E-state index contributed by atoms with van der Waals surface area (Å²) in [4.78, 5) is 58.8. The fraction of sp³-hybridized carbons (Fsp3) is 0.219. The van der Waals surface area contributed by atoms with Crippen LogP contribution in [-0.2, 0) is 14.3 Å². The molecule has 0 N–H and O–H groups in total. The van der Waals surface area contributed by atoms with E-state index < -0.39 is 5.97 Å². The lowest BCUT2D eigenvalue weighted by atomic mass is 9.82. The van der Waals surface area contributed by atoms with Crippen molar-refractivity contribution in [1.82, 2.24) is 4.98 Å². The predicted octanol–water partition coefficient (Wildman–Crippen LogP) is 6.36. The molecule has 9 heteroatoms. The molecule has 3 aliphatic rings. The molecule has 4 unspecified atom stereocenters. The Balaban J connectivity index is 1.18. The van der Waals surface area contributed by atoms with Crippen LogP contribution in [0.4, 0.5) is 5.69 Å². The molecule has 2 aromatic carbocycles. The number of para-hydroxylation sites is 1. The van der Waals surface area contributed by atoms with Crippen molar-refractivity contribution < 1.29 is 23.9 Å². The van der Waals surface area contributed by atoms with Gasteiger partial charge in [0.2, 0.25) is 17.6 Å². The number of amides is 2. The molecule has 3 heterocycles. The minimum absolute atomic E-state index is 0.134. The van der Waals surface area contributed by atoms with Crippen molar-refractivity contribution >= 4 is 63.1 Å². The highest BCUT2D eigenvalue weighted by Crippen LogP contribution is 2.56. The molecule has 7 nitrogen and oxygen atoms in total. The number of anilines is 1. The van der Waals surface area contributed by atoms with E-state index in [2.05, 4.69) is 6.08 Å². The number of hydrogen-bond acceptors (Lipinski definition) is 7. The fourth-order valence-electron chi connectivity index (χ4n) is 6.56. The van der Waals surface area contributed by atoms with Crippen LogP contribution in [0.5, 0.6) is 0 Å². The normalized spacial score (nSPS) is 22.8. The van der Waals surface area contributed by atoms with Gasteiger partial charge in [0.05, 0.1) is 44.2 Å². The lowest BCUT2D eigenvalue weighted by Crippen LogP contribution is -2.32. The van der Waals surface area contributed by atoms with Crippen LogP contribution in [0, 0.1) is 23.7 Å². The second kappa shape index (κ2) is 9.75. The van der Waals surface area contributed by atoms with E-state index in [1.807, 2.05) is 6.92 Å². The summed E-state index contributed by atoms with van der Waals surface area (Å²) in [5.74, 6) is -1.49. The first-order valence-electron chi connectivity index (χ1n) is 13.3. The molecule has 0 spiro atoms. The van der Waals surface area contributed by atoms with Crippen molar-refractivity contribution in [3.05, 3.63) is 93.2 Å². The number of fused-ring (bicyclic) bond motifs is 6. The van der Waals surface area contributed by atoms with E-state index in [1.54, 1.807) is 66.0 Å². The largest absolute Gasteiger partial charge is 0.454 e. The number of hydrogen-bond donors (Lipinski definition) is 0. The van der Waals surface area contributed by atoms with E-state index >= 15 is 0 Å². The van der Waals surface area contributed by atoms with Crippen molar-refractivity contribution in [3.8, 4) is 11.3 Å². The van der Waals surface area contributed by atoms with Crippen LogP contribution in [0.15, 0.2) is 77.7 Å². The number of rotatable bonds is 6. The third kappa shape index (κ3) is 4.12. The second-order valence-electron chi connectivity index (χ2n) is 10.7. The van der Waals surface area contributed by atoms with Gasteiger partial charge in [0, 0.05) is 10.9 Å². The molecule has 2 fully saturated rings. The molecule has 2 bridgehead atoms. The van der Waals surface area contributed by atoms with E-state index in [9.17, 15) is 19.2 Å². The van der Waals surface area contributed by atoms with Crippen LogP contribution < -0.4 is 4.90 Å². The molecule has 2 aliphatic carbocycles. The summed E-state index contributed by atoms with van der Waals surface area (Å²) in [6.07, 6.45) is 3.04. The number of aromatic nitrogens is 1. The van der Waals surface area contributed by atoms with Crippen molar-refractivity contribution in [2.24, 2.45) is 23.7 Å². The molecule has 4 aromatic rings. The van der Waals surface area contributed by atoms with Gasteiger partial charge >= 0.3 is 5.97 Å². The van der Waals surface area contributed by atoms with Gasteiger partial charge in [-0.2, -0.15) is 0 Å². The minimum Gasteiger partial charge on any atom is -0.454 e. The first-order chi connectivity index (χ1) is 19.8. The molecular formula is C32H23ClN2O5S. The summed E-state index contributed by atoms with van der Waals surface area (Å²) in [6.45, 7) is 1.66. The van der Waals surface area contributed by atoms with Crippen molar-refractivity contribution in [2.75, 3.05) is 11.5 Å². The Morgan fingerprint density at radius 2 is 1.83 bits per heavy atom. The molecule has 7 rings (SSSR count). The molecule has 4 atom stereocenters. The maximum absolute atomic E-state index is 13.4. The second-order valence-corrected chi connectivity index (χ2v) is 12.0. The molecule has 1 saturated carbocycles. The minimum atomic E-state index is -0.666. The molecule has 0 radical (unpaired) electrons. The Morgan fingerprint density at radius 3 is 2.59 bits per heavy atom. The van der Waals surface area contributed by atoms with Crippen LogP contribution in [0.3, 0.4) is 0 Å². The number of allylic oxidation sites excluding steroid dienone is 2. The zero-order chi connectivity index (χ0) is 28.4. The van der Waals surface area contributed by atoms with Gasteiger partial charge in [0.25, 0.3) is 0 Å². The van der Waals surface area contributed by atoms with Crippen LogP contribution in [0.1, 0.15) is 33.4 Å². The van der Waals surface area contributed by atoms with Gasteiger partial charge in [-0.25, -0.2) is 9.78 Å². The number of ether oxygens (including phenoxy) is 1. The summed E-state index contributed by atoms with van der Waals surface area (Å²) in [6, 6.07) is 17.2. The number of ketones is 1. The maximum atomic E-state index is 13.4. The molecule has 204 valence electrons.